The van der Waals surface area contributed by atoms with Crippen molar-refractivity contribution >= 4 is 10.8 Å². The molecule has 21 heavy (non-hydrogen) atoms. The Hall–Kier alpha value is -2.33. The lowest BCUT2D eigenvalue weighted by Crippen LogP contribution is -2.17. The molecule has 1 aromatic heterocycles. The normalized spacial score (nSPS) is 12.5. The van der Waals surface area contributed by atoms with E-state index < -0.39 is 0 Å². The topological polar surface area (TPSA) is 53.1 Å². The van der Waals surface area contributed by atoms with Gasteiger partial charge in [-0.2, -0.15) is 5.10 Å². The number of hydrogen-bond donors (Lipinski definition) is 1. The van der Waals surface area contributed by atoms with Crippen LogP contribution in [-0.4, -0.2) is 16.9 Å². The van der Waals surface area contributed by atoms with Crippen molar-refractivity contribution in [2.45, 2.75) is 12.5 Å². The van der Waals surface area contributed by atoms with E-state index in [9.17, 15) is 0 Å². The Balaban J connectivity index is 1.98. The molecule has 2 aromatic carbocycles. The molecule has 0 aliphatic rings. The fraction of sp³-hybridized carbons (Fsp3) is 0.235. The molecule has 0 bridgehead atoms. The maximum atomic E-state index is 6.34. The zero-order valence-corrected chi connectivity index (χ0v) is 12.3. The van der Waals surface area contributed by atoms with Crippen molar-refractivity contribution in [1.82, 2.24) is 9.78 Å². The van der Waals surface area contributed by atoms with Crippen LogP contribution in [-0.2, 0) is 13.5 Å². The van der Waals surface area contributed by atoms with E-state index in [2.05, 4.69) is 35.4 Å². The molecule has 4 heteroatoms. The van der Waals surface area contributed by atoms with Gasteiger partial charge >= 0.3 is 0 Å². The zero-order chi connectivity index (χ0) is 14.8. The lowest BCUT2D eigenvalue weighted by Gasteiger charge is -2.14. The highest BCUT2D eigenvalue weighted by atomic mass is 16.5. The van der Waals surface area contributed by atoms with Gasteiger partial charge in [-0.15, -0.1) is 0 Å². The molecule has 0 saturated carbocycles. The Labute approximate surface area is 124 Å². The van der Waals surface area contributed by atoms with Gasteiger partial charge in [-0.05, 0) is 41.0 Å². The molecule has 108 valence electrons. The Morgan fingerprint density at radius 3 is 2.81 bits per heavy atom. The molecule has 2 N–H and O–H groups in total. The first-order valence-electron chi connectivity index (χ1n) is 6.98. The molecule has 0 amide bonds. The highest BCUT2D eigenvalue weighted by molar-refractivity contribution is 5.87. The van der Waals surface area contributed by atoms with Crippen molar-refractivity contribution in [3.8, 4) is 5.75 Å². The molecular formula is C17H19N3O. The molecule has 1 unspecified atom stereocenters. The van der Waals surface area contributed by atoms with Crippen LogP contribution in [0, 0.1) is 0 Å². The van der Waals surface area contributed by atoms with E-state index in [4.69, 9.17) is 10.5 Å². The minimum absolute atomic E-state index is 0.0747. The van der Waals surface area contributed by atoms with Crippen LogP contribution < -0.4 is 10.5 Å². The predicted molar refractivity (Wildman–Crippen MR) is 84.3 cm³/mol. The van der Waals surface area contributed by atoms with Gasteiger partial charge in [-0.25, -0.2) is 0 Å². The molecule has 3 aromatic rings. The third-order valence-corrected chi connectivity index (χ3v) is 3.86. The van der Waals surface area contributed by atoms with Gasteiger partial charge in [0.1, 0.15) is 5.75 Å². The summed E-state index contributed by atoms with van der Waals surface area (Å²) < 4.78 is 7.16. The molecule has 0 aliphatic carbocycles. The SMILES string of the molecule is COc1ccc2cccc(CC(N)c3ccnn3C)c2c1. The number of fused-ring (bicyclic) bond motifs is 1. The number of nitrogens with zero attached hydrogens (tertiary/aromatic N) is 2. The molecule has 1 atom stereocenters. The van der Waals surface area contributed by atoms with Crippen molar-refractivity contribution < 1.29 is 4.74 Å². The van der Waals surface area contributed by atoms with E-state index in [1.165, 1.54) is 16.3 Å². The first-order chi connectivity index (χ1) is 10.2. The highest BCUT2D eigenvalue weighted by Crippen LogP contribution is 2.26. The van der Waals surface area contributed by atoms with Gasteiger partial charge in [0.25, 0.3) is 0 Å². The summed E-state index contributed by atoms with van der Waals surface area (Å²) in [7, 11) is 3.60. The largest absolute Gasteiger partial charge is 0.497 e. The van der Waals surface area contributed by atoms with Gasteiger partial charge in [0, 0.05) is 13.2 Å². The smallest absolute Gasteiger partial charge is 0.119 e. The van der Waals surface area contributed by atoms with Crippen LogP contribution in [0.5, 0.6) is 5.75 Å². The Morgan fingerprint density at radius 1 is 1.24 bits per heavy atom. The maximum absolute atomic E-state index is 6.34. The van der Waals surface area contributed by atoms with Crippen LogP contribution >= 0.6 is 0 Å². The van der Waals surface area contributed by atoms with E-state index in [1.807, 2.05) is 23.9 Å². The summed E-state index contributed by atoms with van der Waals surface area (Å²) in [6, 6.07) is 14.3. The number of nitrogens with two attached hydrogens (primary N) is 1. The summed E-state index contributed by atoms with van der Waals surface area (Å²) in [4.78, 5) is 0. The van der Waals surface area contributed by atoms with Crippen LogP contribution in [0.15, 0.2) is 48.7 Å². The van der Waals surface area contributed by atoms with E-state index in [-0.39, 0.29) is 6.04 Å². The lowest BCUT2D eigenvalue weighted by atomic mass is 9.97. The second-order valence-electron chi connectivity index (χ2n) is 5.19. The average molecular weight is 281 g/mol. The van der Waals surface area contributed by atoms with Gasteiger partial charge in [-0.1, -0.05) is 24.3 Å². The highest BCUT2D eigenvalue weighted by Gasteiger charge is 2.12. The first-order valence-corrected chi connectivity index (χ1v) is 6.98. The number of ether oxygens (including phenoxy) is 1. The summed E-state index contributed by atoms with van der Waals surface area (Å²) in [5.74, 6) is 0.865. The first kappa shape index (κ1) is 13.6. The van der Waals surface area contributed by atoms with E-state index in [0.29, 0.717) is 0 Å². The summed E-state index contributed by atoms with van der Waals surface area (Å²) in [6.07, 6.45) is 2.55. The quantitative estimate of drug-likeness (QED) is 0.800. The van der Waals surface area contributed by atoms with E-state index >= 15 is 0 Å². The Morgan fingerprint density at radius 2 is 2.10 bits per heavy atom. The maximum Gasteiger partial charge on any atom is 0.119 e. The van der Waals surface area contributed by atoms with Gasteiger partial charge in [0.2, 0.25) is 0 Å². The predicted octanol–water partition coefficient (Wildman–Crippen LogP) is 2.82. The van der Waals surface area contributed by atoms with Gasteiger partial charge in [0.05, 0.1) is 18.8 Å². The molecule has 0 saturated heterocycles. The Kier molecular flexibility index (Phi) is 3.62. The van der Waals surface area contributed by atoms with Crippen molar-refractivity contribution in [2.24, 2.45) is 12.8 Å². The van der Waals surface area contributed by atoms with Crippen molar-refractivity contribution in [3.63, 3.8) is 0 Å². The fourth-order valence-corrected chi connectivity index (χ4v) is 2.71. The monoisotopic (exact) mass is 281 g/mol. The Bertz CT molecular complexity index is 764. The summed E-state index contributed by atoms with van der Waals surface area (Å²) in [5, 5.41) is 6.57. The minimum Gasteiger partial charge on any atom is -0.497 e. The summed E-state index contributed by atoms with van der Waals surface area (Å²) in [6.45, 7) is 0. The van der Waals surface area contributed by atoms with Gasteiger partial charge in [-0.3, -0.25) is 4.68 Å². The minimum atomic E-state index is -0.0747. The molecular weight excluding hydrogens is 262 g/mol. The average Bonchev–Trinajstić information content (AvgIpc) is 2.93. The standard InChI is InChI=1S/C17H19N3O/c1-20-17(8-9-19-20)16(18)10-13-5-3-4-12-6-7-14(21-2)11-15(12)13/h3-9,11,16H,10,18H2,1-2H3. The molecule has 0 aliphatic heterocycles. The molecule has 0 radical (unpaired) electrons. The number of hydrogen-bond acceptors (Lipinski definition) is 3. The number of aryl methyl sites for hydroxylation is 1. The van der Waals surface area contributed by atoms with Crippen molar-refractivity contribution in [1.29, 1.82) is 0 Å². The number of aromatic nitrogens is 2. The number of methoxy groups -OCH3 is 1. The molecule has 0 fully saturated rings. The van der Waals surface area contributed by atoms with Gasteiger partial charge in [0.15, 0.2) is 0 Å². The summed E-state index contributed by atoms with van der Waals surface area (Å²) >= 11 is 0. The third kappa shape index (κ3) is 2.62. The van der Waals surface area contributed by atoms with Crippen molar-refractivity contribution in [3.05, 3.63) is 59.9 Å². The second-order valence-corrected chi connectivity index (χ2v) is 5.19. The molecule has 0 spiro atoms. The molecule has 4 nitrogen and oxygen atoms in total. The zero-order valence-electron chi connectivity index (χ0n) is 12.3. The lowest BCUT2D eigenvalue weighted by molar-refractivity contribution is 0.415. The molecule has 3 rings (SSSR count). The fourth-order valence-electron chi connectivity index (χ4n) is 2.71. The van der Waals surface area contributed by atoms with Crippen LogP contribution in [0.3, 0.4) is 0 Å². The van der Waals surface area contributed by atoms with Crippen molar-refractivity contribution in [2.75, 3.05) is 7.11 Å². The van der Waals surface area contributed by atoms with E-state index in [0.717, 1.165) is 17.9 Å². The van der Waals surface area contributed by atoms with Crippen LogP contribution in [0.25, 0.3) is 10.8 Å². The number of rotatable bonds is 4. The third-order valence-electron chi connectivity index (χ3n) is 3.86. The van der Waals surface area contributed by atoms with Crippen LogP contribution in [0.2, 0.25) is 0 Å². The van der Waals surface area contributed by atoms with Gasteiger partial charge < -0.3 is 10.5 Å². The number of benzene rings is 2. The molecule has 1 heterocycles. The van der Waals surface area contributed by atoms with Crippen LogP contribution in [0.4, 0.5) is 0 Å². The van der Waals surface area contributed by atoms with E-state index in [1.54, 1.807) is 13.3 Å². The van der Waals surface area contributed by atoms with Crippen LogP contribution in [0.1, 0.15) is 17.3 Å². The summed E-state index contributed by atoms with van der Waals surface area (Å²) in [5.41, 5.74) is 8.60. The second kappa shape index (κ2) is 5.58.